The molecule has 4 N–H and O–H groups in total. The standard InChI is InChI=1S/C37H66N2O10/c1-14-26-37(10,43)31(41)22(5)29-19(2)16-36(9,49-29)32(48-34-28(40)25(39(11)12)15-20(3)46-34)23(6)30(24(7)33(42)38-26)47-27-18-35(8,44-13)17-21(4)45-27/h20-28,30-32,34,40-41,43H,14-18H2,1-13H3,(H,38,42)/t20-,21+,22+,23+,24-,25?,26-,27?,28-,30+,31-,32-,34?,35+,36?,37-/m1/s1. The third kappa shape index (κ3) is 8.33. The zero-order valence-corrected chi connectivity index (χ0v) is 32.2. The van der Waals surface area contributed by atoms with Crippen molar-refractivity contribution in [2.24, 2.45) is 17.8 Å². The van der Waals surface area contributed by atoms with Crippen molar-refractivity contribution in [3.63, 3.8) is 0 Å². The van der Waals surface area contributed by atoms with Gasteiger partial charge in [0.1, 0.15) is 29.2 Å². The summed E-state index contributed by atoms with van der Waals surface area (Å²) in [5.41, 5.74) is -2.24. The molecule has 3 saturated heterocycles. The topological polar surface area (TPSA) is 148 Å². The lowest BCUT2D eigenvalue weighted by Crippen LogP contribution is -2.61. The second-order valence-electron chi connectivity index (χ2n) is 16.5. The molecule has 0 aromatic carbocycles. The van der Waals surface area contributed by atoms with E-state index in [0.29, 0.717) is 37.9 Å². The highest BCUT2D eigenvalue weighted by Crippen LogP contribution is 2.47. The molecule has 4 aliphatic rings. The van der Waals surface area contributed by atoms with Gasteiger partial charge in [-0.15, -0.1) is 0 Å². The average molecular weight is 699 g/mol. The molecule has 4 heterocycles. The van der Waals surface area contributed by atoms with Gasteiger partial charge in [0.25, 0.3) is 0 Å². The third-order valence-corrected chi connectivity index (χ3v) is 11.9. The molecule has 12 nitrogen and oxygen atoms in total. The van der Waals surface area contributed by atoms with Gasteiger partial charge in [0.05, 0.1) is 42.0 Å². The summed E-state index contributed by atoms with van der Waals surface area (Å²) in [5.74, 6) is -1.60. The summed E-state index contributed by atoms with van der Waals surface area (Å²) in [6.07, 6.45) is -3.08. The number of rotatable bonds is 7. The maximum atomic E-state index is 14.2. The number of hydrogen-bond acceptors (Lipinski definition) is 11. The molecular weight excluding hydrogens is 632 g/mol. The molecule has 0 aromatic rings. The molecular formula is C37H66N2O10. The molecule has 0 radical (unpaired) electrons. The molecule has 1 amide bonds. The van der Waals surface area contributed by atoms with E-state index in [-0.39, 0.29) is 24.2 Å². The number of aliphatic hydroxyl groups is 3. The van der Waals surface area contributed by atoms with Crippen LogP contribution in [0.1, 0.15) is 101 Å². The molecule has 4 aliphatic heterocycles. The first kappa shape index (κ1) is 40.4. The van der Waals surface area contributed by atoms with Gasteiger partial charge in [-0.3, -0.25) is 4.79 Å². The van der Waals surface area contributed by atoms with Crippen LogP contribution in [0, 0.1) is 17.8 Å². The Balaban J connectivity index is 1.83. The molecule has 0 aromatic heterocycles. The number of nitrogens with one attached hydrogen (secondary N) is 1. The predicted molar refractivity (Wildman–Crippen MR) is 184 cm³/mol. The molecule has 49 heavy (non-hydrogen) atoms. The van der Waals surface area contributed by atoms with Gasteiger partial charge in [0, 0.05) is 44.2 Å². The smallest absolute Gasteiger partial charge is 0.225 e. The fourth-order valence-electron chi connectivity index (χ4n) is 8.91. The van der Waals surface area contributed by atoms with E-state index in [1.165, 1.54) is 0 Å². The van der Waals surface area contributed by atoms with Crippen molar-refractivity contribution < 1.29 is 48.5 Å². The Kier molecular flexibility index (Phi) is 12.6. The molecule has 3 fully saturated rings. The Bertz CT molecular complexity index is 1180. The minimum absolute atomic E-state index is 0.146. The van der Waals surface area contributed by atoms with E-state index in [4.69, 9.17) is 28.4 Å². The fraction of sp³-hybridized carbons (Fsp3) is 0.919. The van der Waals surface area contributed by atoms with Crippen molar-refractivity contribution in [3.8, 4) is 0 Å². The van der Waals surface area contributed by atoms with Crippen LogP contribution in [0.2, 0.25) is 0 Å². The molecule has 0 spiro atoms. The maximum absolute atomic E-state index is 14.2. The minimum atomic E-state index is -1.68. The summed E-state index contributed by atoms with van der Waals surface area (Å²) >= 11 is 0. The van der Waals surface area contributed by atoms with Gasteiger partial charge in [-0.2, -0.15) is 0 Å². The molecule has 284 valence electrons. The van der Waals surface area contributed by atoms with Crippen LogP contribution >= 0.6 is 0 Å². The van der Waals surface area contributed by atoms with Gasteiger partial charge < -0.3 is 54.0 Å². The second kappa shape index (κ2) is 15.3. The van der Waals surface area contributed by atoms with Crippen LogP contribution in [0.3, 0.4) is 0 Å². The van der Waals surface area contributed by atoms with Gasteiger partial charge in [-0.1, -0.05) is 27.7 Å². The Morgan fingerprint density at radius 2 is 1.63 bits per heavy atom. The Hall–Kier alpha value is -1.35. The molecule has 4 rings (SSSR count). The number of hydrogen-bond donors (Lipinski definition) is 4. The molecule has 0 aliphatic carbocycles. The third-order valence-electron chi connectivity index (χ3n) is 11.9. The monoisotopic (exact) mass is 698 g/mol. The fourth-order valence-corrected chi connectivity index (χ4v) is 8.91. The van der Waals surface area contributed by atoms with Crippen molar-refractivity contribution in [1.29, 1.82) is 0 Å². The van der Waals surface area contributed by atoms with E-state index in [1.807, 2.05) is 74.4 Å². The number of carbonyl (C=O) groups is 1. The van der Waals surface area contributed by atoms with Crippen molar-refractivity contribution in [2.45, 2.75) is 179 Å². The number of nitrogens with zero attached hydrogens (tertiary/aromatic N) is 1. The summed E-state index contributed by atoms with van der Waals surface area (Å²) in [6.45, 7) is 19.0. The first-order chi connectivity index (χ1) is 22.7. The van der Waals surface area contributed by atoms with Crippen molar-refractivity contribution in [2.75, 3.05) is 21.2 Å². The van der Waals surface area contributed by atoms with Crippen molar-refractivity contribution in [1.82, 2.24) is 10.2 Å². The van der Waals surface area contributed by atoms with Crippen LogP contribution in [0.5, 0.6) is 0 Å². The zero-order chi connectivity index (χ0) is 36.8. The van der Waals surface area contributed by atoms with E-state index in [9.17, 15) is 20.1 Å². The number of fused-ring (bicyclic) bond motifs is 2. The molecule has 0 saturated carbocycles. The van der Waals surface area contributed by atoms with Crippen LogP contribution in [0.15, 0.2) is 11.3 Å². The van der Waals surface area contributed by atoms with Crippen molar-refractivity contribution >= 4 is 5.91 Å². The SMILES string of the molecule is CC[C@H]1NC(=O)[C@H](C)[C@@H](OC2C[C@@](C)(OC)C[C@H](C)O2)[C@H](C)[C@@H](OC2O[C@H](C)CC(N(C)C)[C@H]2O)C2(C)CC(C)=C(O2)[C@H](C)[C@@H](O)[C@]1(C)O. The van der Waals surface area contributed by atoms with Crippen LogP contribution in [-0.4, -0.2) is 125 Å². The number of likely N-dealkylation sites (N-methyl/N-ethyl adjacent to an activating group) is 1. The van der Waals surface area contributed by atoms with Crippen molar-refractivity contribution in [3.05, 3.63) is 11.3 Å². The van der Waals surface area contributed by atoms with Crippen LogP contribution in [-0.2, 0) is 33.2 Å². The second-order valence-corrected chi connectivity index (χ2v) is 16.5. The first-order valence-corrected chi connectivity index (χ1v) is 18.3. The first-order valence-electron chi connectivity index (χ1n) is 18.3. The average Bonchev–Trinajstić information content (AvgIpc) is 3.34. The number of methoxy groups -OCH3 is 1. The highest BCUT2D eigenvalue weighted by Gasteiger charge is 2.55. The Morgan fingerprint density at radius 3 is 2.22 bits per heavy atom. The van der Waals surface area contributed by atoms with E-state index in [1.54, 1.807) is 21.0 Å². The molecule has 16 atom stereocenters. The number of aliphatic hydroxyl groups excluding tert-OH is 2. The van der Waals surface area contributed by atoms with Gasteiger partial charge in [0.15, 0.2) is 12.6 Å². The Labute approximate surface area is 294 Å². The highest BCUT2D eigenvalue weighted by molar-refractivity contribution is 5.79. The van der Waals surface area contributed by atoms with Gasteiger partial charge >= 0.3 is 0 Å². The van der Waals surface area contributed by atoms with Crippen LogP contribution < -0.4 is 5.32 Å². The minimum Gasteiger partial charge on any atom is -0.489 e. The highest BCUT2D eigenvalue weighted by atomic mass is 16.7. The van der Waals surface area contributed by atoms with Gasteiger partial charge in [-0.05, 0) is 74.1 Å². The quantitative estimate of drug-likeness (QED) is 0.310. The Morgan fingerprint density at radius 1 is 0.980 bits per heavy atom. The zero-order valence-electron chi connectivity index (χ0n) is 32.2. The number of ether oxygens (including phenoxy) is 6. The molecule has 12 heteroatoms. The summed E-state index contributed by atoms with van der Waals surface area (Å²) in [7, 11) is 5.55. The number of carbonyl (C=O) groups excluding carboxylic acids is 1. The van der Waals surface area contributed by atoms with E-state index < -0.39 is 77.6 Å². The van der Waals surface area contributed by atoms with Crippen LogP contribution in [0.4, 0.5) is 0 Å². The van der Waals surface area contributed by atoms with Gasteiger partial charge in [-0.25, -0.2) is 0 Å². The number of amides is 1. The van der Waals surface area contributed by atoms with E-state index >= 15 is 0 Å². The maximum Gasteiger partial charge on any atom is 0.225 e. The molecule has 2 bridgehead atoms. The lowest BCUT2D eigenvalue weighted by atomic mass is 9.78. The lowest BCUT2D eigenvalue weighted by Gasteiger charge is -2.48. The van der Waals surface area contributed by atoms with Gasteiger partial charge in [0.2, 0.25) is 5.91 Å². The summed E-state index contributed by atoms with van der Waals surface area (Å²) in [6, 6.07) is -0.953. The summed E-state index contributed by atoms with van der Waals surface area (Å²) in [4.78, 5) is 16.2. The van der Waals surface area contributed by atoms with Crippen LogP contribution in [0.25, 0.3) is 0 Å². The largest absolute Gasteiger partial charge is 0.489 e. The van der Waals surface area contributed by atoms with E-state index in [0.717, 1.165) is 5.57 Å². The molecule has 4 unspecified atom stereocenters. The summed E-state index contributed by atoms with van der Waals surface area (Å²) < 4.78 is 39.1. The normalized spacial score (nSPS) is 48.8. The van der Waals surface area contributed by atoms with E-state index in [2.05, 4.69) is 5.32 Å². The predicted octanol–water partition coefficient (Wildman–Crippen LogP) is 3.49. The lowest BCUT2D eigenvalue weighted by molar-refractivity contribution is -0.308. The summed E-state index contributed by atoms with van der Waals surface area (Å²) in [5, 5.41) is 38.1.